The van der Waals surface area contributed by atoms with Crippen molar-refractivity contribution in [2.24, 2.45) is 0 Å². The van der Waals surface area contributed by atoms with Crippen LogP contribution in [0.1, 0.15) is 26.5 Å². The molecule has 0 aliphatic carbocycles. The van der Waals surface area contributed by atoms with Crippen molar-refractivity contribution < 1.29 is 13.2 Å². The number of H-pyrrole nitrogens is 1. The molecule has 0 aliphatic rings. The lowest BCUT2D eigenvalue weighted by Gasteiger charge is -2.11. The third-order valence-corrected chi connectivity index (χ3v) is 4.07. The minimum absolute atomic E-state index is 0.246. The highest BCUT2D eigenvalue weighted by molar-refractivity contribution is 7.89. The highest BCUT2D eigenvalue weighted by atomic mass is 32.2. The lowest BCUT2D eigenvalue weighted by molar-refractivity contribution is 0.180. The Morgan fingerprint density at radius 1 is 1.37 bits per heavy atom. The summed E-state index contributed by atoms with van der Waals surface area (Å²) in [6.07, 6.45) is 1.50. The Bertz CT molecular complexity index is 482. The van der Waals surface area contributed by atoms with Crippen LogP contribution in [0.3, 0.4) is 0 Å². The van der Waals surface area contributed by atoms with E-state index in [1.54, 1.807) is 13.0 Å². The molecule has 1 atom stereocenters. The second kappa shape index (κ2) is 7.04. The highest BCUT2D eigenvalue weighted by Crippen LogP contribution is 2.11. The summed E-state index contributed by atoms with van der Waals surface area (Å²) in [5.74, 6) is 0. The molecule has 3 N–H and O–H groups in total. The van der Waals surface area contributed by atoms with Gasteiger partial charge in [-0.15, -0.1) is 0 Å². The topological polar surface area (TPSA) is 83.2 Å². The van der Waals surface area contributed by atoms with E-state index in [1.165, 1.54) is 13.3 Å². The van der Waals surface area contributed by atoms with Crippen molar-refractivity contribution in [2.75, 3.05) is 13.7 Å². The molecule has 110 valence electrons. The first kappa shape index (κ1) is 16.2. The van der Waals surface area contributed by atoms with Gasteiger partial charge in [-0.2, -0.15) is 0 Å². The van der Waals surface area contributed by atoms with Gasteiger partial charge in [0.25, 0.3) is 0 Å². The van der Waals surface area contributed by atoms with E-state index in [9.17, 15) is 8.42 Å². The van der Waals surface area contributed by atoms with Crippen LogP contribution in [0.15, 0.2) is 17.2 Å². The molecule has 1 aromatic rings. The number of methoxy groups -OCH3 is 1. The zero-order valence-electron chi connectivity index (χ0n) is 11.9. The smallest absolute Gasteiger partial charge is 0.242 e. The molecular weight excluding hydrogens is 266 g/mol. The largest absolute Gasteiger partial charge is 0.383 e. The van der Waals surface area contributed by atoms with Crippen molar-refractivity contribution >= 4 is 10.0 Å². The number of aromatic amines is 1. The molecule has 0 bridgehead atoms. The first-order valence-corrected chi connectivity index (χ1v) is 7.75. The molecule has 0 aliphatic heterocycles. The fourth-order valence-corrected chi connectivity index (χ4v) is 2.85. The molecular formula is C12H23N3O3S. The van der Waals surface area contributed by atoms with E-state index in [-0.39, 0.29) is 10.9 Å². The maximum Gasteiger partial charge on any atom is 0.242 e. The van der Waals surface area contributed by atoms with Crippen molar-refractivity contribution in [1.29, 1.82) is 0 Å². The fourth-order valence-electron chi connectivity index (χ4n) is 1.61. The van der Waals surface area contributed by atoms with E-state index >= 15 is 0 Å². The lowest BCUT2D eigenvalue weighted by atomic mass is 10.3. The average molecular weight is 289 g/mol. The lowest BCUT2D eigenvalue weighted by Crippen LogP contribution is -2.35. The molecule has 0 saturated carbocycles. The zero-order valence-corrected chi connectivity index (χ0v) is 12.7. The van der Waals surface area contributed by atoms with Gasteiger partial charge in [0.2, 0.25) is 10.0 Å². The average Bonchev–Trinajstić information content (AvgIpc) is 2.75. The van der Waals surface area contributed by atoms with Gasteiger partial charge in [-0.05, 0) is 13.0 Å². The zero-order chi connectivity index (χ0) is 14.5. The molecule has 0 fully saturated rings. The second-order valence-corrected chi connectivity index (χ2v) is 6.59. The van der Waals surface area contributed by atoms with Crippen molar-refractivity contribution in [3.8, 4) is 0 Å². The predicted molar refractivity (Wildman–Crippen MR) is 74.4 cm³/mol. The first-order valence-electron chi connectivity index (χ1n) is 6.27. The van der Waals surface area contributed by atoms with Gasteiger partial charge in [-0.1, -0.05) is 13.8 Å². The molecule has 0 amide bonds. The standard InChI is InChI=1S/C12H23N3O3S/c1-9(2)13-6-11-5-12(7-14-11)19(16,17)15-10(3)8-18-4/h5,7,9-10,13-15H,6,8H2,1-4H3. The molecule has 19 heavy (non-hydrogen) atoms. The number of sulfonamides is 1. The monoisotopic (exact) mass is 289 g/mol. The Kier molecular flexibility index (Phi) is 5.99. The van der Waals surface area contributed by atoms with Crippen molar-refractivity contribution in [3.63, 3.8) is 0 Å². The quantitative estimate of drug-likeness (QED) is 0.662. The molecule has 6 nitrogen and oxygen atoms in total. The Labute approximate surface area is 115 Å². The van der Waals surface area contributed by atoms with Gasteiger partial charge in [0.15, 0.2) is 0 Å². The van der Waals surface area contributed by atoms with E-state index in [4.69, 9.17) is 4.74 Å². The van der Waals surface area contributed by atoms with E-state index in [0.29, 0.717) is 19.2 Å². The number of nitrogens with one attached hydrogen (secondary N) is 3. The third kappa shape index (κ3) is 5.32. The van der Waals surface area contributed by atoms with Crippen LogP contribution in [0, 0.1) is 0 Å². The number of rotatable bonds is 8. The predicted octanol–water partition coefficient (Wildman–Crippen LogP) is 0.826. The molecule has 0 aromatic carbocycles. The fraction of sp³-hybridized carbons (Fsp3) is 0.667. The first-order chi connectivity index (χ1) is 8.85. The molecule has 1 unspecified atom stereocenters. The van der Waals surface area contributed by atoms with E-state index < -0.39 is 10.0 Å². The van der Waals surface area contributed by atoms with E-state index in [2.05, 4.69) is 15.0 Å². The van der Waals surface area contributed by atoms with Gasteiger partial charge in [-0.3, -0.25) is 0 Å². The summed E-state index contributed by atoms with van der Waals surface area (Å²) < 4.78 is 31.6. The minimum atomic E-state index is -3.49. The van der Waals surface area contributed by atoms with Crippen LogP contribution in [-0.4, -0.2) is 39.2 Å². The van der Waals surface area contributed by atoms with Crippen LogP contribution in [0.2, 0.25) is 0 Å². The Morgan fingerprint density at radius 3 is 2.63 bits per heavy atom. The Morgan fingerprint density at radius 2 is 2.05 bits per heavy atom. The van der Waals surface area contributed by atoms with Crippen LogP contribution in [-0.2, 0) is 21.3 Å². The summed E-state index contributed by atoms with van der Waals surface area (Å²) >= 11 is 0. The summed E-state index contributed by atoms with van der Waals surface area (Å²) in [6.45, 7) is 6.78. The van der Waals surface area contributed by atoms with Crippen molar-refractivity contribution in [3.05, 3.63) is 18.0 Å². The van der Waals surface area contributed by atoms with Crippen LogP contribution >= 0.6 is 0 Å². The summed E-state index contributed by atoms with van der Waals surface area (Å²) in [4.78, 5) is 3.21. The summed E-state index contributed by atoms with van der Waals surface area (Å²) in [7, 11) is -1.95. The van der Waals surface area contributed by atoms with Gasteiger partial charge in [0.05, 0.1) is 11.5 Å². The van der Waals surface area contributed by atoms with Crippen molar-refractivity contribution in [1.82, 2.24) is 15.0 Å². The molecule has 1 rings (SSSR count). The van der Waals surface area contributed by atoms with Crippen molar-refractivity contribution in [2.45, 2.75) is 44.3 Å². The molecule has 1 aromatic heterocycles. The molecule has 0 spiro atoms. The van der Waals surface area contributed by atoms with E-state index in [0.717, 1.165) is 5.69 Å². The van der Waals surface area contributed by atoms with Crippen LogP contribution in [0.4, 0.5) is 0 Å². The van der Waals surface area contributed by atoms with Crippen LogP contribution in [0.25, 0.3) is 0 Å². The minimum Gasteiger partial charge on any atom is -0.383 e. The number of aromatic nitrogens is 1. The molecule has 7 heteroatoms. The van der Waals surface area contributed by atoms with Gasteiger partial charge >= 0.3 is 0 Å². The van der Waals surface area contributed by atoms with Gasteiger partial charge in [0.1, 0.15) is 0 Å². The normalized spacial score (nSPS) is 13.9. The van der Waals surface area contributed by atoms with E-state index in [1.807, 2.05) is 13.8 Å². The van der Waals surface area contributed by atoms with Gasteiger partial charge in [0, 0.05) is 37.6 Å². The third-order valence-electron chi connectivity index (χ3n) is 2.50. The SMILES string of the molecule is COCC(C)NS(=O)(=O)c1c[nH]c(CNC(C)C)c1. The number of hydrogen-bond acceptors (Lipinski definition) is 4. The molecule has 1 heterocycles. The van der Waals surface area contributed by atoms with Gasteiger partial charge in [-0.25, -0.2) is 13.1 Å². The maximum atomic E-state index is 12.1. The maximum absolute atomic E-state index is 12.1. The summed E-state index contributed by atoms with van der Waals surface area (Å²) in [5, 5.41) is 3.22. The molecule has 0 radical (unpaired) electrons. The van der Waals surface area contributed by atoms with Crippen LogP contribution in [0.5, 0.6) is 0 Å². The highest BCUT2D eigenvalue weighted by Gasteiger charge is 2.18. The number of hydrogen-bond donors (Lipinski definition) is 3. The van der Waals surface area contributed by atoms with Gasteiger partial charge < -0.3 is 15.0 Å². The molecule has 0 saturated heterocycles. The number of ether oxygens (including phenoxy) is 1. The summed E-state index contributed by atoms with van der Waals surface area (Å²) in [6, 6.07) is 1.72. The second-order valence-electron chi connectivity index (χ2n) is 4.87. The Hall–Kier alpha value is -0.890. The van der Waals surface area contributed by atoms with Crippen LogP contribution < -0.4 is 10.0 Å². The Balaban J connectivity index is 2.68. The summed E-state index contributed by atoms with van der Waals surface area (Å²) in [5.41, 5.74) is 0.841.